The molecular formula is C8H16O2. The van der Waals surface area contributed by atoms with Crippen molar-refractivity contribution in [2.24, 2.45) is 5.92 Å². The lowest BCUT2D eigenvalue weighted by Gasteiger charge is -2.31. The van der Waals surface area contributed by atoms with E-state index in [9.17, 15) is 5.11 Å². The topological polar surface area (TPSA) is 29.5 Å². The first-order chi connectivity index (χ1) is 4.75. The van der Waals surface area contributed by atoms with Gasteiger partial charge in [-0.05, 0) is 18.8 Å². The van der Waals surface area contributed by atoms with E-state index in [-0.39, 0.29) is 12.2 Å². The van der Waals surface area contributed by atoms with E-state index in [4.69, 9.17) is 4.74 Å². The summed E-state index contributed by atoms with van der Waals surface area (Å²) in [5.41, 5.74) is 0. The molecule has 0 spiro atoms. The van der Waals surface area contributed by atoms with Gasteiger partial charge in [0.1, 0.15) is 0 Å². The zero-order valence-electron chi connectivity index (χ0n) is 6.71. The van der Waals surface area contributed by atoms with Crippen molar-refractivity contribution in [3.63, 3.8) is 0 Å². The Labute approximate surface area is 62.2 Å². The highest BCUT2D eigenvalue weighted by molar-refractivity contribution is 4.79. The van der Waals surface area contributed by atoms with Crippen LogP contribution in [0.3, 0.4) is 0 Å². The Morgan fingerprint density at radius 3 is 2.60 bits per heavy atom. The number of methoxy groups -OCH3 is 1. The van der Waals surface area contributed by atoms with E-state index in [1.807, 2.05) is 0 Å². The second-order valence-electron chi connectivity index (χ2n) is 3.17. The second-order valence-corrected chi connectivity index (χ2v) is 3.17. The van der Waals surface area contributed by atoms with Crippen molar-refractivity contribution < 1.29 is 9.84 Å². The molecule has 1 aliphatic carbocycles. The molecule has 0 aromatic rings. The standard InChI is InChI=1S/C8H16O2/c1-6-4-3-5-7(10-2)8(6)9/h6-9H,3-5H2,1-2H3. The highest BCUT2D eigenvalue weighted by Crippen LogP contribution is 2.25. The van der Waals surface area contributed by atoms with Gasteiger partial charge < -0.3 is 9.84 Å². The molecule has 1 aliphatic rings. The predicted octanol–water partition coefficient (Wildman–Crippen LogP) is 1.18. The van der Waals surface area contributed by atoms with Crippen molar-refractivity contribution in [2.75, 3.05) is 7.11 Å². The first-order valence-electron chi connectivity index (χ1n) is 3.96. The zero-order chi connectivity index (χ0) is 7.56. The van der Waals surface area contributed by atoms with Crippen LogP contribution in [-0.4, -0.2) is 24.4 Å². The van der Waals surface area contributed by atoms with Gasteiger partial charge in [-0.15, -0.1) is 0 Å². The monoisotopic (exact) mass is 144 g/mol. The Kier molecular flexibility index (Phi) is 2.69. The van der Waals surface area contributed by atoms with E-state index in [2.05, 4.69) is 6.92 Å². The second kappa shape index (κ2) is 3.35. The van der Waals surface area contributed by atoms with Crippen LogP contribution in [-0.2, 0) is 4.74 Å². The molecule has 0 aromatic carbocycles. The first-order valence-corrected chi connectivity index (χ1v) is 3.96. The molecule has 3 atom stereocenters. The summed E-state index contributed by atoms with van der Waals surface area (Å²) in [6.07, 6.45) is 3.20. The van der Waals surface area contributed by atoms with Gasteiger partial charge in [0.05, 0.1) is 12.2 Å². The Bertz CT molecular complexity index is 103. The Balaban J connectivity index is 2.42. The molecular weight excluding hydrogens is 128 g/mol. The Hall–Kier alpha value is -0.0800. The minimum Gasteiger partial charge on any atom is -0.390 e. The van der Waals surface area contributed by atoms with Crippen LogP contribution in [0, 0.1) is 5.92 Å². The molecule has 0 saturated heterocycles. The van der Waals surface area contributed by atoms with Crippen LogP contribution in [0.15, 0.2) is 0 Å². The number of hydrogen-bond donors (Lipinski definition) is 1. The summed E-state index contributed by atoms with van der Waals surface area (Å²) >= 11 is 0. The molecule has 3 unspecified atom stereocenters. The maximum absolute atomic E-state index is 9.51. The van der Waals surface area contributed by atoms with E-state index >= 15 is 0 Å². The van der Waals surface area contributed by atoms with Crippen LogP contribution in [0.5, 0.6) is 0 Å². The predicted molar refractivity (Wildman–Crippen MR) is 39.8 cm³/mol. The van der Waals surface area contributed by atoms with Crippen LogP contribution in [0.1, 0.15) is 26.2 Å². The lowest BCUT2D eigenvalue weighted by Crippen LogP contribution is -2.37. The molecule has 0 aromatic heterocycles. The van der Waals surface area contributed by atoms with Gasteiger partial charge in [0.25, 0.3) is 0 Å². The van der Waals surface area contributed by atoms with Crippen molar-refractivity contribution in [1.82, 2.24) is 0 Å². The summed E-state index contributed by atoms with van der Waals surface area (Å²) in [6, 6.07) is 0. The van der Waals surface area contributed by atoms with E-state index < -0.39 is 0 Å². The van der Waals surface area contributed by atoms with E-state index in [0.29, 0.717) is 5.92 Å². The molecule has 1 saturated carbocycles. The third kappa shape index (κ3) is 1.50. The number of rotatable bonds is 1. The largest absolute Gasteiger partial charge is 0.390 e. The van der Waals surface area contributed by atoms with Crippen LogP contribution in [0.4, 0.5) is 0 Å². The van der Waals surface area contributed by atoms with Crippen LogP contribution < -0.4 is 0 Å². The van der Waals surface area contributed by atoms with Crippen LogP contribution in [0.2, 0.25) is 0 Å². The fourth-order valence-electron chi connectivity index (χ4n) is 1.61. The van der Waals surface area contributed by atoms with Crippen molar-refractivity contribution >= 4 is 0 Å². The number of aliphatic hydroxyl groups excluding tert-OH is 1. The number of ether oxygens (including phenoxy) is 1. The fraction of sp³-hybridized carbons (Fsp3) is 1.00. The highest BCUT2D eigenvalue weighted by Gasteiger charge is 2.28. The van der Waals surface area contributed by atoms with Gasteiger partial charge in [-0.3, -0.25) is 0 Å². The summed E-state index contributed by atoms with van der Waals surface area (Å²) in [7, 11) is 1.67. The van der Waals surface area contributed by atoms with Gasteiger partial charge in [0.2, 0.25) is 0 Å². The van der Waals surface area contributed by atoms with E-state index in [0.717, 1.165) is 12.8 Å². The van der Waals surface area contributed by atoms with Gasteiger partial charge in [0, 0.05) is 7.11 Å². The summed E-state index contributed by atoms with van der Waals surface area (Å²) in [4.78, 5) is 0. The van der Waals surface area contributed by atoms with Crippen molar-refractivity contribution in [3.8, 4) is 0 Å². The maximum atomic E-state index is 9.51. The average molecular weight is 144 g/mol. The third-order valence-electron chi connectivity index (χ3n) is 2.41. The van der Waals surface area contributed by atoms with Crippen molar-refractivity contribution in [3.05, 3.63) is 0 Å². The molecule has 1 N–H and O–H groups in total. The molecule has 0 bridgehead atoms. The van der Waals surface area contributed by atoms with Crippen molar-refractivity contribution in [1.29, 1.82) is 0 Å². The molecule has 0 amide bonds. The molecule has 2 nitrogen and oxygen atoms in total. The number of aliphatic hydroxyl groups is 1. The third-order valence-corrected chi connectivity index (χ3v) is 2.41. The first kappa shape index (κ1) is 8.02. The quantitative estimate of drug-likeness (QED) is 0.599. The maximum Gasteiger partial charge on any atom is 0.0832 e. The Morgan fingerprint density at radius 1 is 1.40 bits per heavy atom. The van der Waals surface area contributed by atoms with Crippen LogP contribution in [0.25, 0.3) is 0 Å². The van der Waals surface area contributed by atoms with Gasteiger partial charge in [-0.25, -0.2) is 0 Å². The fourth-order valence-corrected chi connectivity index (χ4v) is 1.61. The summed E-state index contributed by atoms with van der Waals surface area (Å²) in [5.74, 6) is 0.415. The summed E-state index contributed by atoms with van der Waals surface area (Å²) < 4.78 is 5.12. The minimum absolute atomic E-state index is 0.0868. The van der Waals surface area contributed by atoms with Gasteiger partial charge in [0.15, 0.2) is 0 Å². The SMILES string of the molecule is COC1CCCC(C)C1O. The molecule has 0 radical (unpaired) electrons. The molecule has 60 valence electrons. The van der Waals surface area contributed by atoms with Gasteiger partial charge >= 0.3 is 0 Å². The van der Waals surface area contributed by atoms with Crippen molar-refractivity contribution in [2.45, 2.75) is 38.4 Å². The van der Waals surface area contributed by atoms with E-state index in [1.54, 1.807) is 7.11 Å². The summed E-state index contributed by atoms with van der Waals surface area (Å²) in [5, 5.41) is 9.51. The normalized spacial score (nSPS) is 41.7. The molecule has 2 heteroatoms. The number of hydrogen-bond acceptors (Lipinski definition) is 2. The molecule has 0 heterocycles. The zero-order valence-corrected chi connectivity index (χ0v) is 6.71. The van der Waals surface area contributed by atoms with Gasteiger partial charge in [-0.2, -0.15) is 0 Å². The van der Waals surface area contributed by atoms with E-state index in [1.165, 1.54) is 6.42 Å². The Morgan fingerprint density at radius 2 is 2.10 bits per heavy atom. The molecule has 1 fully saturated rings. The average Bonchev–Trinajstić information content (AvgIpc) is 1.95. The highest BCUT2D eigenvalue weighted by atomic mass is 16.5. The smallest absolute Gasteiger partial charge is 0.0832 e. The lowest BCUT2D eigenvalue weighted by molar-refractivity contribution is -0.0616. The molecule has 1 rings (SSSR count). The molecule has 0 aliphatic heterocycles. The minimum atomic E-state index is -0.237. The molecule has 10 heavy (non-hydrogen) atoms. The lowest BCUT2D eigenvalue weighted by atomic mass is 9.86. The van der Waals surface area contributed by atoms with Gasteiger partial charge in [-0.1, -0.05) is 13.3 Å². The van der Waals surface area contributed by atoms with Crippen LogP contribution >= 0.6 is 0 Å². The summed E-state index contributed by atoms with van der Waals surface area (Å²) in [6.45, 7) is 2.08.